The van der Waals surface area contributed by atoms with Crippen molar-refractivity contribution in [2.24, 2.45) is 7.05 Å². The number of carbonyl (C=O) groups excluding carboxylic acids is 1. The molecule has 0 radical (unpaired) electrons. The van der Waals surface area contributed by atoms with Crippen LogP contribution in [0.3, 0.4) is 0 Å². The van der Waals surface area contributed by atoms with Gasteiger partial charge in [0, 0.05) is 24.4 Å². The lowest BCUT2D eigenvalue weighted by molar-refractivity contribution is -0.112. The molecule has 1 N–H and O–H groups in total. The van der Waals surface area contributed by atoms with Crippen molar-refractivity contribution in [2.75, 3.05) is 5.32 Å². The molecule has 0 aliphatic carbocycles. The number of amides is 1. The summed E-state index contributed by atoms with van der Waals surface area (Å²) in [7, 11) is 1.74. The molecule has 8 heteroatoms. The van der Waals surface area contributed by atoms with Gasteiger partial charge in [-0.2, -0.15) is 10.4 Å². The Morgan fingerprint density at radius 3 is 2.11 bits per heavy atom. The lowest BCUT2D eigenvalue weighted by Gasteiger charge is -2.07. The van der Waals surface area contributed by atoms with E-state index in [1.54, 1.807) is 29.5 Å². The van der Waals surface area contributed by atoms with Gasteiger partial charge in [0.2, 0.25) is 0 Å². The summed E-state index contributed by atoms with van der Waals surface area (Å²) in [4.78, 5) is 26.5. The minimum absolute atomic E-state index is 0.116. The van der Waals surface area contributed by atoms with Crippen molar-refractivity contribution in [3.05, 3.63) is 124 Å². The zero-order valence-electron chi connectivity index (χ0n) is 20.9. The molecule has 0 spiro atoms. The number of nitriles is 1. The molecule has 0 unspecified atom stereocenters. The average Bonchev–Trinajstić information content (AvgIpc) is 3.47. The third-order valence-electron chi connectivity index (χ3n) is 6.27. The number of nitrogens with zero attached hydrogens (tertiary/aromatic N) is 5. The number of nitrogens with one attached hydrogen (secondary N) is 1. The Labute approximate surface area is 219 Å². The number of aromatic nitrogens is 4. The maximum Gasteiger partial charge on any atom is 0.295 e. The normalized spacial score (nSPS) is 11.2. The van der Waals surface area contributed by atoms with Gasteiger partial charge in [0.25, 0.3) is 11.5 Å². The first kappa shape index (κ1) is 24.3. The second kappa shape index (κ2) is 10.3. The van der Waals surface area contributed by atoms with Gasteiger partial charge < -0.3 is 5.32 Å². The van der Waals surface area contributed by atoms with E-state index in [1.807, 2.05) is 97.1 Å². The maximum atomic E-state index is 13.2. The molecule has 0 bridgehead atoms. The second-order valence-electron chi connectivity index (χ2n) is 8.64. The van der Waals surface area contributed by atoms with E-state index in [4.69, 9.17) is 5.10 Å². The molecule has 0 fully saturated rings. The van der Waals surface area contributed by atoms with Crippen molar-refractivity contribution < 1.29 is 4.79 Å². The number of rotatable bonds is 6. The summed E-state index contributed by atoms with van der Waals surface area (Å²) in [5, 5.41) is 17.3. The largest absolute Gasteiger partial charge is 0.315 e. The third-order valence-corrected chi connectivity index (χ3v) is 6.27. The van der Waals surface area contributed by atoms with Crippen LogP contribution in [0.5, 0.6) is 0 Å². The minimum Gasteiger partial charge on any atom is -0.315 e. The first-order valence-electron chi connectivity index (χ1n) is 12.0. The number of carbonyl (C=O) groups is 1. The van der Waals surface area contributed by atoms with Crippen LogP contribution in [0.2, 0.25) is 0 Å². The number of benzene rings is 3. The fraction of sp³-hybridized carbons (Fsp3) is 0.0667. The number of para-hydroxylation sites is 2. The maximum absolute atomic E-state index is 13.2. The van der Waals surface area contributed by atoms with Crippen LogP contribution in [0.4, 0.5) is 5.69 Å². The van der Waals surface area contributed by atoms with Gasteiger partial charge in [-0.3, -0.25) is 14.3 Å². The quantitative estimate of drug-likeness (QED) is 0.265. The molecule has 0 aliphatic heterocycles. The summed E-state index contributed by atoms with van der Waals surface area (Å²) in [6, 6.07) is 30.3. The third kappa shape index (κ3) is 4.56. The standard InChI is InChI=1S/C30H24N6O2/c1-21-27(30(38)36(34(21)2)26-16-10-5-11-17-26)32-29(37)23(19-31)18-24-20-35(25-14-8-4-9-15-25)33-28(24)22-12-6-3-7-13-22/h3-18,20H,1-2H3,(H,32,37)/b23-18+. The van der Waals surface area contributed by atoms with E-state index in [0.717, 1.165) is 11.3 Å². The Kier molecular flexibility index (Phi) is 6.57. The molecule has 2 aromatic heterocycles. The summed E-state index contributed by atoms with van der Waals surface area (Å²) in [6.07, 6.45) is 3.27. The van der Waals surface area contributed by atoms with E-state index >= 15 is 0 Å². The van der Waals surface area contributed by atoms with Crippen molar-refractivity contribution in [2.45, 2.75) is 6.92 Å². The van der Waals surface area contributed by atoms with Crippen molar-refractivity contribution in [1.82, 2.24) is 19.1 Å². The summed E-state index contributed by atoms with van der Waals surface area (Å²) in [5.74, 6) is -0.676. The SMILES string of the molecule is Cc1c(NC(=O)/C(C#N)=C/c2cn(-c3ccccc3)nc2-c2ccccc2)c(=O)n(-c2ccccc2)n1C. The van der Waals surface area contributed by atoms with E-state index in [9.17, 15) is 14.9 Å². The number of anilines is 1. The Hall–Kier alpha value is -5.42. The van der Waals surface area contributed by atoms with Crippen molar-refractivity contribution in [1.29, 1.82) is 5.26 Å². The van der Waals surface area contributed by atoms with Crippen LogP contribution < -0.4 is 10.9 Å². The van der Waals surface area contributed by atoms with Crippen LogP contribution in [0.15, 0.2) is 108 Å². The highest BCUT2D eigenvalue weighted by Crippen LogP contribution is 2.26. The average molecular weight is 501 g/mol. The van der Waals surface area contributed by atoms with Crippen molar-refractivity contribution in [3.8, 4) is 28.7 Å². The van der Waals surface area contributed by atoms with Gasteiger partial charge in [-0.15, -0.1) is 0 Å². The Morgan fingerprint density at radius 1 is 0.921 bits per heavy atom. The van der Waals surface area contributed by atoms with Crippen LogP contribution in [0, 0.1) is 18.3 Å². The molecule has 38 heavy (non-hydrogen) atoms. The summed E-state index contributed by atoms with van der Waals surface area (Å²) in [5.41, 5.74) is 3.71. The first-order valence-corrected chi connectivity index (χ1v) is 12.0. The van der Waals surface area contributed by atoms with E-state index in [0.29, 0.717) is 22.6 Å². The molecular weight excluding hydrogens is 476 g/mol. The summed E-state index contributed by atoms with van der Waals surface area (Å²) in [6.45, 7) is 1.74. The van der Waals surface area contributed by atoms with E-state index in [-0.39, 0.29) is 16.8 Å². The van der Waals surface area contributed by atoms with E-state index < -0.39 is 5.91 Å². The summed E-state index contributed by atoms with van der Waals surface area (Å²) < 4.78 is 4.85. The fourth-order valence-corrected chi connectivity index (χ4v) is 4.22. The predicted molar refractivity (Wildman–Crippen MR) is 147 cm³/mol. The smallest absolute Gasteiger partial charge is 0.295 e. The van der Waals surface area contributed by atoms with Gasteiger partial charge in [-0.1, -0.05) is 66.7 Å². The molecule has 2 heterocycles. The summed E-state index contributed by atoms with van der Waals surface area (Å²) >= 11 is 0. The molecular formula is C30H24N6O2. The molecule has 0 atom stereocenters. The topological polar surface area (TPSA) is 97.6 Å². The number of hydrogen-bond acceptors (Lipinski definition) is 4. The molecule has 0 saturated carbocycles. The van der Waals surface area contributed by atoms with Gasteiger partial charge in [-0.05, 0) is 37.3 Å². The zero-order valence-corrected chi connectivity index (χ0v) is 20.9. The van der Waals surface area contributed by atoms with Crippen molar-refractivity contribution >= 4 is 17.7 Å². The first-order chi connectivity index (χ1) is 18.5. The molecule has 0 aliphatic rings. The predicted octanol–water partition coefficient (Wildman–Crippen LogP) is 4.88. The molecule has 5 rings (SSSR count). The van der Waals surface area contributed by atoms with Crippen LogP contribution >= 0.6 is 0 Å². The lowest BCUT2D eigenvalue weighted by Crippen LogP contribution is -2.23. The monoisotopic (exact) mass is 500 g/mol. The molecule has 3 aromatic carbocycles. The highest BCUT2D eigenvalue weighted by molar-refractivity contribution is 6.10. The molecule has 8 nitrogen and oxygen atoms in total. The van der Waals surface area contributed by atoms with Gasteiger partial charge in [-0.25, -0.2) is 9.36 Å². The molecule has 0 saturated heterocycles. The van der Waals surface area contributed by atoms with Crippen molar-refractivity contribution in [3.63, 3.8) is 0 Å². The highest BCUT2D eigenvalue weighted by Gasteiger charge is 2.21. The lowest BCUT2D eigenvalue weighted by atomic mass is 10.1. The molecule has 1 amide bonds. The van der Waals surface area contributed by atoms with Gasteiger partial charge >= 0.3 is 0 Å². The second-order valence-corrected chi connectivity index (χ2v) is 8.64. The van der Waals surface area contributed by atoms with Gasteiger partial charge in [0.15, 0.2) is 0 Å². The number of hydrogen-bond donors (Lipinski definition) is 1. The Balaban J connectivity index is 1.54. The van der Waals surface area contributed by atoms with E-state index in [1.165, 1.54) is 10.8 Å². The zero-order chi connectivity index (χ0) is 26.6. The molecule has 5 aromatic rings. The highest BCUT2D eigenvalue weighted by atomic mass is 16.2. The van der Waals surface area contributed by atoms with Crippen LogP contribution in [0.25, 0.3) is 28.7 Å². The Bertz CT molecular complexity index is 1740. The van der Waals surface area contributed by atoms with Gasteiger partial charge in [0.05, 0.1) is 22.8 Å². The van der Waals surface area contributed by atoms with Crippen LogP contribution in [-0.2, 0) is 11.8 Å². The Morgan fingerprint density at radius 2 is 1.50 bits per heavy atom. The van der Waals surface area contributed by atoms with Gasteiger partial charge in [0.1, 0.15) is 17.3 Å². The minimum atomic E-state index is -0.676. The van der Waals surface area contributed by atoms with E-state index in [2.05, 4.69) is 5.32 Å². The molecule has 186 valence electrons. The van der Waals surface area contributed by atoms with Crippen LogP contribution in [-0.4, -0.2) is 25.1 Å². The fourth-order valence-electron chi connectivity index (χ4n) is 4.22. The van der Waals surface area contributed by atoms with Crippen LogP contribution in [0.1, 0.15) is 11.3 Å².